The predicted octanol–water partition coefficient (Wildman–Crippen LogP) is 2.54. The third-order valence-electron chi connectivity index (χ3n) is 4.28. The first-order valence-electron chi connectivity index (χ1n) is 8.04. The van der Waals surface area contributed by atoms with Crippen molar-refractivity contribution in [1.82, 2.24) is 0 Å². The molecule has 0 bridgehead atoms. The number of hydrogen-bond donors (Lipinski definition) is 1. The van der Waals surface area contributed by atoms with Crippen molar-refractivity contribution in [3.63, 3.8) is 0 Å². The van der Waals surface area contributed by atoms with E-state index in [1.165, 1.54) is 4.90 Å². The van der Waals surface area contributed by atoms with E-state index >= 15 is 0 Å². The van der Waals surface area contributed by atoms with Crippen molar-refractivity contribution in [2.24, 2.45) is 0 Å². The maximum absolute atomic E-state index is 13.0. The van der Waals surface area contributed by atoms with Gasteiger partial charge in [-0.2, -0.15) is 0 Å². The monoisotopic (exact) mass is 337 g/mol. The number of hydrogen-bond acceptors (Lipinski definition) is 4. The first-order valence-corrected chi connectivity index (χ1v) is 8.04. The molecule has 2 aromatic carbocycles. The molecule has 25 heavy (non-hydrogen) atoms. The fourth-order valence-electron chi connectivity index (χ4n) is 3.02. The fourth-order valence-corrected chi connectivity index (χ4v) is 3.02. The minimum absolute atomic E-state index is 0.136. The topological polar surface area (TPSA) is 66.8 Å². The van der Waals surface area contributed by atoms with E-state index in [-0.39, 0.29) is 18.7 Å². The molecule has 0 aromatic heterocycles. The van der Waals surface area contributed by atoms with Crippen LogP contribution < -0.4 is 4.90 Å². The van der Waals surface area contributed by atoms with Crippen LogP contribution in [0.4, 0.5) is 5.69 Å². The Bertz CT molecular complexity index is 831. The van der Waals surface area contributed by atoms with Gasteiger partial charge in [0.1, 0.15) is 0 Å². The van der Waals surface area contributed by atoms with Gasteiger partial charge < -0.3 is 14.7 Å². The number of nitrogens with zero attached hydrogens (tertiary/aromatic N) is 1. The molecule has 0 unspecified atom stereocenters. The minimum atomic E-state index is -2.11. The van der Waals surface area contributed by atoms with Crippen LogP contribution in [0.3, 0.4) is 0 Å². The number of amides is 1. The van der Waals surface area contributed by atoms with Crippen LogP contribution in [0, 0.1) is 0 Å². The Labute approximate surface area is 146 Å². The van der Waals surface area contributed by atoms with Crippen LogP contribution in [-0.2, 0) is 26.5 Å². The number of para-hydroxylation sites is 1. The average Bonchev–Trinajstić information content (AvgIpc) is 2.85. The van der Waals surface area contributed by atoms with Crippen molar-refractivity contribution < 1.29 is 19.4 Å². The number of carbonyl (C=O) groups excluding carboxylic acids is 2. The Morgan fingerprint density at radius 3 is 2.48 bits per heavy atom. The Balaban J connectivity index is 2.03. The first-order chi connectivity index (χ1) is 12.0. The predicted molar refractivity (Wildman–Crippen MR) is 93.7 cm³/mol. The Kier molecular flexibility index (Phi) is 4.42. The van der Waals surface area contributed by atoms with Gasteiger partial charge in [-0.1, -0.05) is 55.1 Å². The fraction of sp³-hybridized carbons (Fsp3) is 0.200. The Morgan fingerprint density at radius 1 is 1.16 bits per heavy atom. The van der Waals surface area contributed by atoms with Gasteiger partial charge >= 0.3 is 5.97 Å². The van der Waals surface area contributed by atoms with E-state index in [9.17, 15) is 14.7 Å². The number of carbonyl (C=O) groups is 2. The van der Waals surface area contributed by atoms with Crippen LogP contribution in [0.5, 0.6) is 0 Å². The van der Waals surface area contributed by atoms with Crippen molar-refractivity contribution >= 4 is 17.6 Å². The molecule has 0 radical (unpaired) electrons. The Morgan fingerprint density at radius 2 is 1.80 bits per heavy atom. The summed E-state index contributed by atoms with van der Waals surface area (Å²) in [4.78, 5) is 26.6. The number of anilines is 1. The molecule has 1 atom stereocenters. The summed E-state index contributed by atoms with van der Waals surface area (Å²) in [6, 6.07) is 16.3. The van der Waals surface area contributed by atoms with Crippen molar-refractivity contribution in [2.45, 2.75) is 19.1 Å². The molecule has 0 aliphatic carbocycles. The lowest BCUT2D eigenvalue weighted by atomic mass is 9.88. The largest absolute Gasteiger partial charge is 0.463 e. The van der Waals surface area contributed by atoms with Crippen molar-refractivity contribution in [3.05, 3.63) is 77.9 Å². The molecule has 0 saturated heterocycles. The molecule has 0 spiro atoms. The molecule has 1 heterocycles. The lowest BCUT2D eigenvalue weighted by Gasteiger charge is -2.24. The molecule has 128 valence electrons. The Hall–Kier alpha value is -2.92. The van der Waals surface area contributed by atoms with Gasteiger partial charge in [-0.25, -0.2) is 4.79 Å². The number of ether oxygens (including phenoxy) is 1. The highest BCUT2D eigenvalue weighted by atomic mass is 16.5. The first kappa shape index (κ1) is 16.9. The van der Waals surface area contributed by atoms with Crippen molar-refractivity contribution in [3.8, 4) is 0 Å². The third kappa shape index (κ3) is 2.72. The molecule has 1 aliphatic heterocycles. The van der Waals surface area contributed by atoms with Gasteiger partial charge in [-0.3, -0.25) is 4.79 Å². The maximum atomic E-state index is 13.0. The van der Waals surface area contributed by atoms with Crippen LogP contribution in [0.15, 0.2) is 66.7 Å². The van der Waals surface area contributed by atoms with Crippen LogP contribution in [0.1, 0.15) is 18.1 Å². The summed E-state index contributed by atoms with van der Waals surface area (Å²) in [6.45, 7) is 5.72. The zero-order valence-electron chi connectivity index (χ0n) is 13.9. The minimum Gasteiger partial charge on any atom is -0.463 e. The molecule has 5 heteroatoms. The third-order valence-corrected chi connectivity index (χ3v) is 4.28. The summed E-state index contributed by atoms with van der Waals surface area (Å²) in [7, 11) is 0. The summed E-state index contributed by atoms with van der Waals surface area (Å²) in [5, 5.41) is 11.1. The summed E-state index contributed by atoms with van der Waals surface area (Å²) < 4.78 is 4.93. The lowest BCUT2D eigenvalue weighted by Crippen LogP contribution is -2.43. The van der Waals surface area contributed by atoms with E-state index < -0.39 is 17.5 Å². The molecule has 0 saturated carbocycles. The smallest absolute Gasteiger partial charge is 0.337 e. The SMILES string of the molecule is C=C(C(=O)OCC)[C@@]1(O)C(=O)N(Cc2ccccc2)c2ccccc21. The highest BCUT2D eigenvalue weighted by Gasteiger charge is 2.53. The second-order valence-corrected chi connectivity index (χ2v) is 5.80. The molecule has 5 nitrogen and oxygen atoms in total. The van der Waals surface area contributed by atoms with Gasteiger partial charge in [0, 0.05) is 5.56 Å². The van der Waals surface area contributed by atoms with E-state index in [0.29, 0.717) is 11.3 Å². The van der Waals surface area contributed by atoms with Gasteiger partial charge in [-0.15, -0.1) is 0 Å². The molecule has 1 aliphatic rings. The molecule has 2 aromatic rings. The average molecular weight is 337 g/mol. The lowest BCUT2D eigenvalue weighted by molar-refractivity contribution is -0.145. The number of rotatable bonds is 5. The number of esters is 1. The molecule has 3 rings (SSSR count). The quantitative estimate of drug-likeness (QED) is 0.672. The molecular weight excluding hydrogens is 318 g/mol. The van der Waals surface area contributed by atoms with Crippen LogP contribution >= 0.6 is 0 Å². The summed E-state index contributed by atoms with van der Waals surface area (Å²) in [6.07, 6.45) is 0. The standard InChI is InChI=1S/C20H19NO4/c1-3-25-18(22)14(2)20(24)16-11-7-8-12-17(16)21(19(20)23)13-15-9-5-4-6-10-15/h4-12,24H,2-3,13H2,1H3/t20-/m0/s1. The van der Waals surface area contributed by atoms with Crippen molar-refractivity contribution in [2.75, 3.05) is 11.5 Å². The van der Waals surface area contributed by atoms with Gasteiger partial charge in [0.25, 0.3) is 5.91 Å². The van der Waals surface area contributed by atoms with Gasteiger partial charge in [0.2, 0.25) is 5.60 Å². The van der Waals surface area contributed by atoms with Gasteiger partial charge in [-0.05, 0) is 18.6 Å². The molecule has 1 amide bonds. The summed E-state index contributed by atoms with van der Waals surface area (Å²) in [5.74, 6) is -1.38. The van der Waals surface area contributed by atoms with E-state index in [4.69, 9.17) is 4.74 Å². The van der Waals surface area contributed by atoms with E-state index in [0.717, 1.165) is 5.56 Å². The van der Waals surface area contributed by atoms with Gasteiger partial charge in [0.05, 0.1) is 24.4 Å². The number of fused-ring (bicyclic) bond motifs is 1. The number of benzene rings is 2. The highest BCUT2D eigenvalue weighted by Crippen LogP contribution is 2.44. The second kappa shape index (κ2) is 6.53. The zero-order valence-corrected chi connectivity index (χ0v) is 13.9. The second-order valence-electron chi connectivity index (χ2n) is 5.80. The number of aliphatic hydroxyl groups is 1. The normalized spacial score (nSPS) is 18.8. The van der Waals surface area contributed by atoms with E-state index in [2.05, 4.69) is 6.58 Å². The van der Waals surface area contributed by atoms with E-state index in [1.54, 1.807) is 31.2 Å². The molecular formula is C20H19NO4. The maximum Gasteiger partial charge on any atom is 0.337 e. The summed E-state index contributed by atoms with van der Waals surface area (Å²) in [5.41, 5.74) is -0.574. The van der Waals surface area contributed by atoms with Crippen LogP contribution in [0.2, 0.25) is 0 Å². The summed E-state index contributed by atoms with van der Waals surface area (Å²) >= 11 is 0. The van der Waals surface area contributed by atoms with Crippen LogP contribution in [0.25, 0.3) is 0 Å². The zero-order chi connectivity index (χ0) is 18.0. The molecule has 1 N–H and O–H groups in total. The highest BCUT2D eigenvalue weighted by molar-refractivity contribution is 6.13. The van der Waals surface area contributed by atoms with Crippen LogP contribution in [-0.4, -0.2) is 23.6 Å². The van der Waals surface area contributed by atoms with E-state index in [1.807, 2.05) is 30.3 Å². The van der Waals surface area contributed by atoms with Crippen molar-refractivity contribution in [1.29, 1.82) is 0 Å². The molecule has 0 fully saturated rings. The van der Waals surface area contributed by atoms with Gasteiger partial charge in [0.15, 0.2) is 0 Å².